The van der Waals surface area contributed by atoms with Gasteiger partial charge in [0.05, 0.1) is 5.56 Å². The molecule has 3 aromatic rings. The first-order chi connectivity index (χ1) is 13.0. The van der Waals surface area contributed by atoms with Crippen LogP contribution in [0.2, 0.25) is 0 Å². The van der Waals surface area contributed by atoms with Crippen LogP contribution in [0.4, 0.5) is 0 Å². The molecule has 1 unspecified atom stereocenters. The molecule has 0 saturated heterocycles. The Hall–Kier alpha value is -2.81. The quantitative estimate of drug-likeness (QED) is 0.679. The predicted octanol–water partition coefficient (Wildman–Crippen LogP) is 5.21. The molecule has 1 aromatic heterocycles. The summed E-state index contributed by atoms with van der Waals surface area (Å²) in [6.45, 7) is 3.99. The molecular weight excluding hydrogens is 336 g/mol. The molecule has 3 nitrogen and oxygen atoms in total. The van der Waals surface area contributed by atoms with Gasteiger partial charge in [0, 0.05) is 17.4 Å². The zero-order valence-electron chi connectivity index (χ0n) is 15.7. The van der Waals surface area contributed by atoms with Crippen molar-refractivity contribution >= 4 is 0 Å². The smallest absolute Gasteiger partial charge is 0.343 e. The molecule has 0 bridgehead atoms. The maximum absolute atomic E-state index is 13.0. The number of aromatic hydroxyl groups is 1. The molecule has 1 saturated carbocycles. The Morgan fingerprint density at radius 1 is 1.00 bits per heavy atom. The van der Waals surface area contributed by atoms with Gasteiger partial charge in [-0.15, -0.1) is 0 Å². The van der Waals surface area contributed by atoms with Gasteiger partial charge in [-0.05, 0) is 43.7 Å². The van der Waals surface area contributed by atoms with Crippen LogP contribution >= 0.6 is 0 Å². The van der Waals surface area contributed by atoms with Crippen LogP contribution < -0.4 is 5.63 Å². The number of rotatable bonds is 5. The summed E-state index contributed by atoms with van der Waals surface area (Å²) < 4.78 is 5.77. The first-order valence-corrected chi connectivity index (χ1v) is 9.46. The summed E-state index contributed by atoms with van der Waals surface area (Å²) in [5.74, 6) is 0.777. The first kappa shape index (κ1) is 17.6. The van der Waals surface area contributed by atoms with E-state index >= 15 is 0 Å². The fourth-order valence-electron chi connectivity index (χ4n) is 3.85. The summed E-state index contributed by atoms with van der Waals surface area (Å²) in [5.41, 5.74) is 1.52. The van der Waals surface area contributed by atoms with Gasteiger partial charge in [-0.1, -0.05) is 60.7 Å². The lowest BCUT2D eigenvalue weighted by Gasteiger charge is -2.25. The summed E-state index contributed by atoms with van der Waals surface area (Å²) in [4.78, 5) is 13.0. The molecule has 4 rings (SSSR count). The molecule has 1 N–H and O–H groups in total. The maximum atomic E-state index is 13.0. The fraction of sp³-hybridized carbons (Fsp3) is 0.292. The highest BCUT2D eigenvalue weighted by Crippen LogP contribution is 2.48. The van der Waals surface area contributed by atoms with Gasteiger partial charge in [0.25, 0.3) is 0 Å². The minimum absolute atomic E-state index is 0.0333. The third-order valence-electron chi connectivity index (χ3n) is 5.64. The van der Waals surface area contributed by atoms with E-state index in [-0.39, 0.29) is 11.7 Å². The van der Waals surface area contributed by atoms with Crippen LogP contribution in [-0.2, 0) is 5.41 Å². The Labute approximate surface area is 159 Å². The summed E-state index contributed by atoms with van der Waals surface area (Å²) in [7, 11) is 0. The highest BCUT2D eigenvalue weighted by atomic mass is 16.4. The van der Waals surface area contributed by atoms with Gasteiger partial charge in [0.15, 0.2) is 0 Å². The molecule has 138 valence electrons. The Bertz CT molecular complexity index is 983. The largest absolute Gasteiger partial charge is 0.507 e. The van der Waals surface area contributed by atoms with Gasteiger partial charge < -0.3 is 9.52 Å². The van der Waals surface area contributed by atoms with E-state index in [9.17, 15) is 9.90 Å². The van der Waals surface area contributed by atoms with Crippen molar-refractivity contribution < 1.29 is 9.52 Å². The Morgan fingerprint density at radius 3 is 2.15 bits per heavy atom. The zero-order valence-corrected chi connectivity index (χ0v) is 15.7. The molecule has 0 spiro atoms. The number of hydrogen-bond acceptors (Lipinski definition) is 3. The van der Waals surface area contributed by atoms with E-state index in [0.717, 1.165) is 24.0 Å². The van der Waals surface area contributed by atoms with E-state index in [2.05, 4.69) is 0 Å². The molecular formula is C24H24O3. The summed E-state index contributed by atoms with van der Waals surface area (Å²) >= 11 is 0. The van der Waals surface area contributed by atoms with E-state index in [1.165, 1.54) is 0 Å². The third kappa shape index (κ3) is 3.30. The van der Waals surface area contributed by atoms with Crippen LogP contribution in [0.25, 0.3) is 0 Å². The second-order valence-corrected chi connectivity index (χ2v) is 7.91. The predicted molar refractivity (Wildman–Crippen MR) is 106 cm³/mol. The summed E-state index contributed by atoms with van der Waals surface area (Å²) in [5, 5.41) is 10.8. The van der Waals surface area contributed by atoms with Crippen LogP contribution in [0, 0.1) is 5.92 Å². The van der Waals surface area contributed by atoms with Gasteiger partial charge in [-0.3, -0.25) is 0 Å². The molecule has 1 atom stereocenters. The molecule has 1 heterocycles. The average Bonchev–Trinajstić information content (AvgIpc) is 3.51. The van der Waals surface area contributed by atoms with E-state index in [0.29, 0.717) is 17.2 Å². The van der Waals surface area contributed by atoms with Gasteiger partial charge in [0.2, 0.25) is 0 Å². The molecule has 0 aliphatic heterocycles. The Morgan fingerprint density at radius 2 is 1.59 bits per heavy atom. The van der Waals surface area contributed by atoms with E-state index in [1.54, 1.807) is 6.07 Å². The molecule has 27 heavy (non-hydrogen) atoms. The number of hydrogen-bond donors (Lipinski definition) is 1. The van der Waals surface area contributed by atoms with Crippen LogP contribution in [0.3, 0.4) is 0 Å². The van der Waals surface area contributed by atoms with Gasteiger partial charge in [-0.25, -0.2) is 4.79 Å². The van der Waals surface area contributed by atoms with Crippen molar-refractivity contribution in [3.8, 4) is 5.75 Å². The minimum atomic E-state index is -0.516. The summed E-state index contributed by atoms with van der Waals surface area (Å²) in [6.07, 6.45) is 2.13. The van der Waals surface area contributed by atoms with E-state index in [4.69, 9.17) is 4.42 Å². The van der Waals surface area contributed by atoms with Crippen molar-refractivity contribution in [1.29, 1.82) is 0 Å². The van der Waals surface area contributed by atoms with Crippen molar-refractivity contribution in [2.24, 2.45) is 5.92 Å². The van der Waals surface area contributed by atoms with Gasteiger partial charge in [0.1, 0.15) is 11.5 Å². The molecule has 2 aromatic carbocycles. The van der Waals surface area contributed by atoms with Crippen LogP contribution in [0.15, 0.2) is 75.9 Å². The minimum Gasteiger partial charge on any atom is -0.507 e. The monoisotopic (exact) mass is 360 g/mol. The molecule has 0 radical (unpaired) electrons. The molecule has 3 heteroatoms. The van der Waals surface area contributed by atoms with Gasteiger partial charge in [-0.2, -0.15) is 0 Å². The van der Waals surface area contributed by atoms with Crippen LogP contribution in [0.5, 0.6) is 5.75 Å². The standard InChI is InChI=1S/C24H24O3/c1-24(2,18-11-7-4-8-12-18)20-15-19(25)22(23(26)27-20)21(17-13-14-17)16-9-5-3-6-10-16/h3-12,15,17,21,25H,13-14H2,1-2H3. The third-order valence-corrected chi connectivity index (χ3v) is 5.64. The first-order valence-electron chi connectivity index (χ1n) is 9.46. The van der Waals surface area contributed by atoms with E-state index in [1.807, 2.05) is 74.5 Å². The Kier molecular flexibility index (Phi) is 4.39. The van der Waals surface area contributed by atoms with Crippen molar-refractivity contribution in [2.75, 3.05) is 0 Å². The van der Waals surface area contributed by atoms with Crippen LogP contribution in [-0.4, -0.2) is 5.11 Å². The highest BCUT2D eigenvalue weighted by Gasteiger charge is 2.38. The normalized spacial score (nSPS) is 15.5. The lowest BCUT2D eigenvalue weighted by molar-refractivity contribution is 0.365. The van der Waals surface area contributed by atoms with Crippen molar-refractivity contribution in [3.05, 3.63) is 99.6 Å². The maximum Gasteiger partial charge on any atom is 0.343 e. The molecule has 0 amide bonds. The van der Waals surface area contributed by atoms with Crippen molar-refractivity contribution in [2.45, 2.75) is 38.0 Å². The average molecular weight is 360 g/mol. The van der Waals surface area contributed by atoms with Gasteiger partial charge >= 0.3 is 5.63 Å². The Balaban J connectivity index is 1.80. The van der Waals surface area contributed by atoms with Crippen molar-refractivity contribution in [1.82, 2.24) is 0 Å². The lowest BCUT2D eigenvalue weighted by atomic mass is 9.81. The second-order valence-electron chi connectivity index (χ2n) is 7.91. The lowest BCUT2D eigenvalue weighted by Crippen LogP contribution is -2.23. The van der Waals surface area contributed by atoms with E-state index < -0.39 is 11.0 Å². The van der Waals surface area contributed by atoms with Crippen LogP contribution in [0.1, 0.15) is 55.1 Å². The fourth-order valence-corrected chi connectivity index (χ4v) is 3.85. The topological polar surface area (TPSA) is 50.4 Å². The highest BCUT2D eigenvalue weighted by molar-refractivity contribution is 5.44. The second kappa shape index (κ2) is 6.73. The molecule has 1 aliphatic rings. The zero-order chi connectivity index (χ0) is 19.0. The summed E-state index contributed by atoms with van der Waals surface area (Å²) in [6, 6.07) is 21.4. The molecule has 1 fully saturated rings. The van der Waals surface area contributed by atoms with Crippen molar-refractivity contribution in [3.63, 3.8) is 0 Å². The SMILES string of the molecule is CC(C)(c1ccccc1)c1cc(O)c(C(c2ccccc2)C2CC2)c(=O)o1. The molecule has 1 aliphatic carbocycles. The number of benzene rings is 2.